The van der Waals surface area contributed by atoms with Crippen molar-refractivity contribution < 1.29 is 9.53 Å². The molecule has 7 nitrogen and oxygen atoms in total. The van der Waals surface area contributed by atoms with Crippen LogP contribution in [0.4, 0.5) is 5.82 Å². The molecule has 0 bridgehead atoms. The van der Waals surface area contributed by atoms with Crippen molar-refractivity contribution in [3.8, 4) is 5.88 Å². The summed E-state index contributed by atoms with van der Waals surface area (Å²) in [5.74, 6) is 2.13. The number of aromatic nitrogens is 2. The van der Waals surface area contributed by atoms with Crippen molar-refractivity contribution in [2.45, 2.75) is 56.0 Å². The quantitative estimate of drug-likeness (QED) is 0.651. The predicted octanol–water partition coefficient (Wildman–Crippen LogP) is 3.70. The average Bonchev–Trinajstić information content (AvgIpc) is 2.83. The zero-order valence-electron chi connectivity index (χ0n) is 20.7. The minimum absolute atomic E-state index is 0.000106. The van der Waals surface area contributed by atoms with Gasteiger partial charge in [-0.2, -0.15) is 0 Å². The van der Waals surface area contributed by atoms with Gasteiger partial charge in [0.1, 0.15) is 5.82 Å². The summed E-state index contributed by atoms with van der Waals surface area (Å²) in [4.78, 5) is 29.3. The molecule has 5 rings (SSSR count). The van der Waals surface area contributed by atoms with E-state index in [-0.39, 0.29) is 17.0 Å². The van der Waals surface area contributed by atoms with Crippen molar-refractivity contribution in [3.05, 3.63) is 48.3 Å². The highest BCUT2D eigenvalue weighted by molar-refractivity contribution is 5.83. The lowest BCUT2D eigenvalue weighted by atomic mass is 9.66. The van der Waals surface area contributed by atoms with Gasteiger partial charge in [0, 0.05) is 18.6 Å². The highest BCUT2D eigenvalue weighted by Crippen LogP contribution is 2.48. The van der Waals surface area contributed by atoms with Crippen LogP contribution < -0.4 is 9.64 Å². The Morgan fingerprint density at radius 2 is 1.79 bits per heavy atom. The normalized spacial score (nSPS) is 27.8. The second kappa shape index (κ2) is 9.17. The molecule has 1 spiro atoms. The van der Waals surface area contributed by atoms with Gasteiger partial charge in [-0.3, -0.25) is 9.69 Å². The van der Waals surface area contributed by atoms with E-state index in [4.69, 9.17) is 4.74 Å². The summed E-state index contributed by atoms with van der Waals surface area (Å²) in [5, 5.41) is 0. The van der Waals surface area contributed by atoms with Gasteiger partial charge in [-0.15, -0.1) is 0 Å². The van der Waals surface area contributed by atoms with Crippen LogP contribution in [0.5, 0.6) is 5.88 Å². The van der Waals surface area contributed by atoms with E-state index >= 15 is 0 Å². The Morgan fingerprint density at radius 3 is 2.35 bits per heavy atom. The summed E-state index contributed by atoms with van der Waals surface area (Å²) in [7, 11) is 5.98. The van der Waals surface area contributed by atoms with Crippen molar-refractivity contribution in [3.63, 3.8) is 0 Å². The molecule has 0 atom stereocenters. The molecule has 2 saturated carbocycles. The van der Waals surface area contributed by atoms with E-state index in [1.807, 2.05) is 0 Å². The molecule has 1 aromatic heterocycles. The Labute approximate surface area is 203 Å². The van der Waals surface area contributed by atoms with Crippen LogP contribution in [0.1, 0.15) is 50.5 Å². The number of amides is 1. The van der Waals surface area contributed by atoms with Crippen molar-refractivity contribution >= 4 is 11.7 Å². The predicted molar refractivity (Wildman–Crippen MR) is 133 cm³/mol. The molecular formula is C27H37N5O2. The van der Waals surface area contributed by atoms with Gasteiger partial charge in [0.15, 0.2) is 0 Å². The Hall–Kier alpha value is -2.67. The number of carbonyl (C=O) groups excluding carboxylic acids is 1. The maximum Gasteiger partial charge on any atom is 0.242 e. The van der Waals surface area contributed by atoms with Crippen molar-refractivity contribution in [2.75, 3.05) is 45.7 Å². The van der Waals surface area contributed by atoms with Crippen LogP contribution in [-0.2, 0) is 10.3 Å². The first-order chi connectivity index (χ1) is 16.5. The van der Waals surface area contributed by atoms with Gasteiger partial charge in [0.25, 0.3) is 0 Å². The van der Waals surface area contributed by atoms with E-state index < -0.39 is 0 Å². The summed E-state index contributed by atoms with van der Waals surface area (Å²) >= 11 is 0. The molecule has 182 valence electrons. The van der Waals surface area contributed by atoms with E-state index in [9.17, 15) is 4.79 Å². The lowest BCUT2D eigenvalue weighted by Crippen LogP contribution is -2.68. The summed E-state index contributed by atoms with van der Waals surface area (Å²) in [6, 6.07) is 10.9. The lowest BCUT2D eigenvalue weighted by molar-refractivity contribution is -0.144. The molecular weight excluding hydrogens is 426 g/mol. The first kappa shape index (κ1) is 23.1. The third-order valence-corrected chi connectivity index (χ3v) is 8.67. The first-order valence-electron chi connectivity index (χ1n) is 12.6. The SMILES string of the molecule is COc1cnc(N2CC(=O)N(CC3CCC3)C3(CCC(c4ccccc4)(N(C)C)CC3)C2)cn1. The summed E-state index contributed by atoms with van der Waals surface area (Å²) in [6.45, 7) is 2.08. The number of hydrogen-bond acceptors (Lipinski definition) is 6. The molecule has 0 unspecified atom stereocenters. The van der Waals surface area contributed by atoms with Crippen LogP contribution in [0.2, 0.25) is 0 Å². The van der Waals surface area contributed by atoms with Crippen molar-refractivity contribution in [1.82, 2.24) is 19.8 Å². The number of nitrogens with zero attached hydrogens (tertiary/aromatic N) is 5. The number of rotatable bonds is 6. The van der Waals surface area contributed by atoms with E-state index in [1.165, 1.54) is 24.8 Å². The summed E-state index contributed by atoms with van der Waals surface area (Å²) < 4.78 is 5.18. The Kier molecular flexibility index (Phi) is 6.23. The molecule has 7 heteroatoms. The number of anilines is 1. The molecule has 34 heavy (non-hydrogen) atoms. The fraction of sp³-hybridized carbons (Fsp3) is 0.593. The smallest absolute Gasteiger partial charge is 0.242 e. The van der Waals surface area contributed by atoms with E-state index in [0.717, 1.165) is 44.6 Å². The molecule has 1 aromatic carbocycles. The first-order valence-corrected chi connectivity index (χ1v) is 12.6. The monoisotopic (exact) mass is 463 g/mol. The number of piperazine rings is 1. The Morgan fingerprint density at radius 1 is 1.06 bits per heavy atom. The molecule has 1 saturated heterocycles. The second-order valence-corrected chi connectivity index (χ2v) is 10.6. The highest BCUT2D eigenvalue weighted by Gasteiger charge is 2.52. The van der Waals surface area contributed by atoms with Gasteiger partial charge in [0.05, 0.1) is 31.6 Å². The Bertz CT molecular complexity index is 982. The number of benzene rings is 1. The number of carbonyl (C=O) groups is 1. The van der Waals surface area contributed by atoms with Gasteiger partial charge in [-0.1, -0.05) is 36.8 Å². The molecule has 0 radical (unpaired) electrons. The average molecular weight is 464 g/mol. The molecule has 3 aliphatic rings. The van der Waals surface area contributed by atoms with Gasteiger partial charge < -0.3 is 14.5 Å². The van der Waals surface area contributed by atoms with Crippen LogP contribution >= 0.6 is 0 Å². The number of methoxy groups -OCH3 is 1. The van der Waals surface area contributed by atoms with E-state index in [0.29, 0.717) is 18.3 Å². The van der Waals surface area contributed by atoms with Gasteiger partial charge in [0.2, 0.25) is 11.8 Å². The lowest BCUT2D eigenvalue weighted by Gasteiger charge is -2.58. The standard InChI is InChI=1S/C27H37N5O2/c1-30(2)27(22-10-5-4-6-11-22)14-12-26(13-15-27)20-31(23-16-29-24(34-3)17-28-23)19-25(33)32(26)18-21-8-7-9-21/h4-6,10-11,16-17,21H,7-9,12-15,18-20H2,1-3H3. The molecule has 2 aromatic rings. The molecule has 0 N–H and O–H groups in total. The van der Waals surface area contributed by atoms with Gasteiger partial charge in [-0.25, -0.2) is 9.97 Å². The highest BCUT2D eigenvalue weighted by atomic mass is 16.5. The second-order valence-electron chi connectivity index (χ2n) is 10.6. The molecule has 3 fully saturated rings. The zero-order chi connectivity index (χ0) is 23.8. The topological polar surface area (TPSA) is 61.8 Å². The minimum Gasteiger partial charge on any atom is -0.480 e. The molecule has 1 amide bonds. The summed E-state index contributed by atoms with van der Waals surface area (Å²) in [6.07, 6.45) is 11.2. The van der Waals surface area contributed by atoms with Gasteiger partial charge in [-0.05, 0) is 64.1 Å². The van der Waals surface area contributed by atoms with Crippen molar-refractivity contribution in [1.29, 1.82) is 0 Å². The zero-order valence-corrected chi connectivity index (χ0v) is 20.7. The molecule has 2 aliphatic carbocycles. The molecule has 2 heterocycles. The summed E-state index contributed by atoms with van der Waals surface area (Å²) in [5.41, 5.74) is 1.21. The van der Waals surface area contributed by atoms with Crippen LogP contribution in [0.25, 0.3) is 0 Å². The van der Waals surface area contributed by atoms with Crippen LogP contribution in [0.15, 0.2) is 42.7 Å². The maximum atomic E-state index is 13.6. The van der Waals surface area contributed by atoms with E-state index in [1.54, 1.807) is 19.5 Å². The van der Waals surface area contributed by atoms with Crippen molar-refractivity contribution in [2.24, 2.45) is 5.92 Å². The fourth-order valence-corrected chi connectivity index (χ4v) is 6.28. The third-order valence-electron chi connectivity index (χ3n) is 8.67. The number of hydrogen-bond donors (Lipinski definition) is 0. The largest absolute Gasteiger partial charge is 0.480 e. The van der Waals surface area contributed by atoms with Gasteiger partial charge >= 0.3 is 0 Å². The fourth-order valence-electron chi connectivity index (χ4n) is 6.28. The van der Waals surface area contributed by atoms with Crippen LogP contribution in [0.3, 0.4) is 0 Å². The minimum atomic E-state index is -0.166. The van der Waals surface area contributed by atoms with E-state index in [2.05, 4.69) is 69.1 Å². The maximum absolute atomic E-state index is 13.6. The van der Waals surface area contributed by atoms with Crippen LogP contribution in [0, 0.1) is 5.92 Å². The third kappa shape index (κ3) is 4.04. The number of ether oxygens (including phenoxy) is 1. The van der Waals surface area contributed by atoms with Crippen LogP contribution in [-0.4, -0.2) is 72.1 Å². The molecule has 1 aliphatic heterocycles. The Balaban J connectivity index is 1.44.